The molecule has 0 radical (unpaired) electrons. The van der Waals surface area contributed by atoms with Crippen molar-refractivity contribution < 1.29 is 4.74 Å². The molecule has 1 nitrogen and oxygen atoms in total. The van der Waals surface area contributed by atoms with E-state index >= 15 is 0 Å². The van der Waals surface area contributed by atoms with Crippen LogP contribution in [0.2, 0.25) is 0 Å². The SMILES string of the molecule is Cc1cccc(CCC2(C(C)(C)C)CO2)c1. The number of epoxide rings is 1. The molecule has 0 aliphatic carbocycles. The quantitative estimate of drug-likeness (QED) is 0.704. The third kappa shape index (κ3) is 2.30. The molecule has 16 heavy (non-hydrogen) atoms. The Bertz CT molecular complexity index is 369. The van der Waals surface area contributed by atoms with Crippen LogP contribution < -0.4 is 0 Å². The molecular weight excluding hydrogens is 196 g/mol. The van der Waals surface area contributed by atoms with Gasteiger partial charge in [0.2, 0.25) is 0 Å². The van der Waals surface area contributed by atoms with E-state index in [-0.39, 0.29) is 11.0 Å². The van der Waals surface area contributed by atoms with Gasteiger partial charge < -0.3 is 4.74 Å². The Balaban J connectivity index is 1.98. The molecule has 0 N–H and O–H groups in total. The lowest BCUT2D eigenvalue weighted by Gasteiger charge is -2.27. The number of benzene rings is 1. The summed E-state index contributed by atoms with van der Waals surface area (Å²) in [7, 11) is 0. The van der Waals surface area contributed by atoms with Crippen LogP contribution in [0.5, 0.6) is 0 Å². The second-order valence-electron chi connectivity index (χ2n) is 6.02. The highest BCUT2D eigenvalue weighted by Crippen LogP contribution is 2.47. The molecule has 0 aromatic heterocycles. The summed E-state index contributed by atoms with van der Waals surface area (Å²) in [6, 6.07) is 8.78. The lowest BCUT2D eigenvalue weighted by atomic mass is 9.77. The Morgan fingerprint density at radius 2 is 2.00 bits per heavy atom. The molecule has 1 aromatic rings. The monoisotopic (exact) mass is 218 g/mol. The van der Waals surface area contributed by atoms with E-state index in [1.165, 1.54) is 11.1 Å². The minimum absolute atomic E-state index is 0.136. The molecule has 1 atom stereocenters. The maximum atomic E-state index is 5.71. The summed E-state index contributed by atoms with van der Waals surface area (Å²) in [5, 5.41) is 0. The molecule has 0 saturated carbocycles. The van der Waals surface area contributed by atoms with E-state index in [4.69, 9.17) is 4.74 Å². The van der Waals surface area contributed by atoms with E-state index in [0.29, 0.717) is 0 Å². The van der Waals surface area contributed by atoms with E-state index < -0.39 is 0 Å². The van der Waals surface area contributed by atoms with Crippen LogP contribution in [0.3, 0.4) is 0 Å². The van der Waals surface area contributed by atoms with Gasteiger partial charge in [0.25, 0.3) is 0 Å². The Labute approximate surface area is 98.8 Å². The van der Waals surface area contributed by atoms with Gasteiger partial charge in [0.15, 0.2) is 0 Å². The molecule has 1 unspecified atom stereocenters. The first-order valence-electron chi connectivity index (χ1n) is 6.12. The first-order chi connectivity index (χ1) is 7.43. The number of hydrogen-bond donors (Lipinski definition) is 0. The molecule has 1 heterocycles. The number of aryl methyl sites for hydroxylation is 2. The fourth-order valence-electron chi connectivity index (χ4n) is 2.25. The van der Waals surface area contributed by atoms with Gasteiger partial charge in [-0.25, -0.2) is 0 Å². The number of hydrogen-bond acceptors (Lipinski definition) is 1. The fraction of sp³-hybridized carbons (Fsp3) is 0.600. The smallest absolute Gasteiger partial charge is 0.0967 e. The lowest BCUT2D eigenvalue weighted by Crippen LogP contribution is -2.30. The first-order valence-corrected chi connectivity index (χ1v) is 6.12. The molecule has 1 aromatic carbocycles. The van der Waals surface area contributed by atoms with E-state index in [2.05, 4.69) is 52.0 Å². The van der Waals surface area contributed by atoms with E-state index in [1.807, 2.05) is 0 Å². The van der Waals surface area contributed by atoms with Gasteiger partial charge in [0.05, 0.1) is 12.2 Å². The van der Waals surface area contributed by atoms with Gasteiger partial charge in [-0.2, -0.15) is 0 Å². The third-order valence-electron chi connectivity index (χ3n) is 3.76. The van der Waals surface area contributed by atoms with Crippen LogP contribution in [0, 0.1) is 12.3 Å². The summed E-state index contributed by atoms with van der Waals surface area (Å²) in [6.45, 7) is 9.90. The van der Waals surface area contributed by atoms with Crippen molar-refractivity contribution in [2.75, 3.05) is 6.61 Å². The maximum absolute atomic E-state index is 5.71. The van der Waals surface area contributed by atoms with Crippen molar-refractivity contribution in [3.63, 3.8) is 0 Å². The minimum Gasteiger partial charge on any atom is -0.369 e. The molecule has 0 bridgehead atoms. The largest absolute Gasteiger partial charge is 0.369 e. The van der Waals surface area contributed by atoms with Gasteiger partial charge in [0.1, 0.15) is 0 Å². The summed E-state index contributed by atoms with van der Waals surface area (Å²) in [4.78, 5) is 0. The van der Waals surface area contributed by atoms with Crippen molar-refractivity contribution in [2.24, 2.45) is 5.41 Å². The van der Waals surface area contributed by atoms with Crippen molar-refractivity contribution >= 4 is 0 Å². The number of ether oxygens (including phenoxy) is 1. The molecule has 1 fully saturated rings. The topological polar surface area (TPSA) is 12.5 Å². The molecule has 0 amide bonds. The van der Waals surface area contributed by atoms with Gasteiger partial charge in [-0.15, -0.1) is 0 Å². The van der Waals surface area contributed by atoms with Crippen LogP contribution in [0.15, 0.2) is 24.3 Å². The van der Waals surface area contributed by atoms with Crippen LogP contribution >= 0.6 is 0 Å². The zero-order valence-corrected chi connectivity index (χ0v) is 10.8. The molecule has 0 spiro atoms. The summed E-state index contributed by atoms with van der Waals surface area (Å²) >= 11 is 0. The van der Waals surface area contributed by atoms with E-state index in [9.17, 15) is 0 Å². The van der Waals surface area contributed by atoms with Gasteiger partial charge >= 0.3 is 0 Å². The highest BCUT2D eigenvalue weighted by Gasteiger charge is 2.53. The fourth-order valence-corrected chi connectivity index (χ4v) is 2.25. The Hall–Kier alpha value is -0.820. The van der Waals surface area contributed by atoms with Crippen LogP contribution in [0.1, 0.15) is 38.3 Å². The third-order valence-corrected chi connectivity index (χ3v) is 3.76. The van der Waals surface area contributed by atoms with Gasteiger partial charge in [-0.3, -0.25) is 0 Å². The summed E-state index contributed by atoms with van der Waals surface area (Å²) < 4.78 is 5.71. The minimum atomic E-state index is 0.136. The maximum Gasteiger partial charge on any atom is 0.0967 e. The van der Waals surface area contributed by atoms with Crippen molar-refractivity contribution in [3.05, 3.63) is 35.4 Å². The molecular formula is C15H22O. The van der Waals surface area contributed by atoms with Crippen LogP contribution in [0.25, 0.3) is 0 Å². The van der Waals surface area contributed by atoms with Crippen LogP contribution in [-0.2, 0) is 11.2 Å². The molecule has 1 aliphatic rings. The van der Waals surface area contributed by atoms with Gasteiger partial charge in [0, 0.05) is 0 Å². The highest BCUT2D eigenvalue weighted by atomic mass is 16.6. The highest BCUT2D eigenvalue weighted by molar-refractivity contribution is 5.23. The normalized spacial score (nSPS) is 24.5. The van der Waals surface area contributed by atoms with Gasteiger partial charge in [-0.05, 0) is 30.7 Å². The second kappa shape index (κ2) is 3.89. The van der Waals surface area contributed by atoms with Crippen molar-refractivity contribution in [2.45, 2.75) is 46.1 Å². The Morgan fingerprint density at radius 3 is 2.50 bits per heavy atom. The predicted molar refractivity (Wildman–Crippen MR) is 67.6 cm³/mol. The van der Waals surface area contributed by atoms with Crippen molar-refractivity contribution in [1.29, 1.82) is 0 Å². The van der Waals surface area contributed by atoms with Gasteiger partial charge in [-0.1, -0.05) is 50.6 Å². The molecule has 1 aliphatic heterocycles. The summed E-state index contributed by atoms with van der Waals surface area (Å²) in [6.07, 6.45) is 2.26. The summed E-state index contributed by atoms with van der Waals surface area (Å²) in [5.41, 5.74) is 3.17. The second-order valence-corrected chi connectivity index (χ2v) is 6.02. The average molecular weight is 218 g/mol. The Kier molecular flexibility index (Phi) is 2.83. The molecule has 1 heteroatoms. The zero-order chi connectivity index (χ0) is 11.8. The van der Waals surface area contributed by atoms with Crippen LogP contribution in [-0.4, -0.2) is 12.2 Å². The average Bonchev–Trinajstić information content (AvgIpc) is 2.94. The molecule has 1 saturated heterocycles. The van der Waals surface area contributed by atoms with E-state index in [0.717, 1.165) is 19.4 Å². The molecule has 88 valence electrons. The van der Waals surface area contributed by atoms with Crippen molar-refractivity contribution in [1.82, 2.24) is 0 Å². The zero-order valence-electron chi connectivity index (χ0n) is 10.8. The Morgan fingerprint density at radius 1 is 1.31 bits per heavy atom. The van der Waals surface area contributed by atoms with Crippen molar-refractivity contribution in [3.8, 4) is 0 Å². The number of rotatable bonds is 3. The predicted octanol–water partition coefficient (Wildman–Crippen LogP) is 3.74. The first kappa shape index (κ1) is 11.7. The van der Waals surface area contributed by atoms with Crippen LogP contribution in [0.4, 0.5) is 0 Å². The lowest BCUT2D eigenvalue weighted by molar-refractivity contribution is 0.145. The molecule has 2 rings (SSSR count). The standard InChI is InChI=1S/C15H22O/c1-12-6-5-7-13(10-12)8-9-15(11-16-15)14(2,3)4/h5-7,10H,8-9,11H2,1-4H3. The summed E-state index contributed by atoms with van der Waals surface area (Å²) in [5.74, 6) is 0. The van der Waals surface area contributed by atoms with E-state index in [1.54, 1.807) is 0 Å².